The molecule has 100 valence electrons. The minimum atomic E-state index is 0.354. The molecule has 0 amide bonds. The monoisotopic (exact) mass is 257 g/mol. The Hall–Kier alpha value is -1.75. The average molecular weight is 257 g/mol. The van der Waals surface area contributed by atoms with Crippen LogP contribution in [0.1, 0.15) is 30.4 Å². The molecular weight excluding hydrogens is 238 g/mol. The number of hydrogen-bond acceptors (Lipinski definition) is 4. The van der Waals surface area contributed by atoms with Gasteiger partial charge in [-0.15, -0.1) is 0 Å². The van der Waals surface area contributed by atoms with Crippen LogP contribution in [-0.2, 0) is 7.05 Å². The molecule has 3 heterocycles. The van der Waals surface area contributed by atoms with Crippen LogP contribution in [0.25, 0.3) is 11.4 Å². The quantitative estimate of drug-likeness (QED) is 0.825. The molecule has 5 nitrogen and oxygen atoms in total. The van der Waals surface area contributed by atoms with Crippen LogP contribution < -0.4 is 0 Å². The number of hydrogen-bond donors (Lipinski definition) is 0. The van der Waals surface area contributed by atoms with Crippen molar-refractivity contribution < 1.29 is 0 Å². The fourth-order valence-electron chi connectivity index (χ4n) is 2.73. The topological polar surface area (TPSA) is 46.8 Å². The molecule has 0 aromatic carbocycles. The SMILES string of the molecule is Cc1cc(-c2ccnn2C)nc([C@H]2CCCN2C)n1. The first-order valence-electron chi connectivity index (χ1n) is 6.69. The van der Waals surface area contributed by atoms with Crippen molar-refractivity contribution in [2.24, 2.45) is 7.05 Å². The van der Waals surface area contributed by atoms with E-state index >= 15 is 0 Å². The standard InChI is InChI=1S/C14H19N5/c1-10-9-11(12-6-7-15-19(12)3)17-14(16-10)13-5-4-8-18(13)2/h6-7,9,13H,4-5,8H2,1-3H3/t13-/m1/s1. The normalized spacial score (nSPS) is 20.1. The van der Waals surface area contributed by atoms with Crippen LogP contribution in [0.15, 0.2) is 18.3 Å². The van der Waals surface area contributed by atoms with Gasteiger partial charge in [0, 0.05) is 18.9 Å². The maximum Gasteiger partial charge on any atom is 0.146 e. The predicted molar refractivity (Wildman–Crippen MR) is 73.6 cm³/mol. The van der Waals surface area contributed by atoms with Gasteiger partial charge in [-0.3, -0.25) is 9.58 Å². The summed E-state index contributed by atoms with van der Waals surface area (Å²) in [5, 5.41) is 4.21. The molecule has 0 N–H and O–H groups in total. The van der Waals surface area contributed by atoms with E-state index in [4.69, 9.17) is 4.98 Å². The molecule has 0 unspecified atom stereocenters. The number of aryl methyl sites for hydroxylation is 2. The number of aromatic nitrogens is 4. The molecule has 0 radical (unpaired) electrons. The minimum Gasteiger partial charge on any atom is -0.296 e. The number of nitrogens with zero attached hydrogens (tertiary/aromatic N) is 5. The number of rotatable bonds is 2. The second-order valence-corrected chi connectivity index (χ2v) is 5.23. The predicted octanol–water partition coefficient (Wildman–Crippen LogP) is 1.95. The van der Waals surface area contributed by atoms with Gasteiger partial charge in [-0.25, -0.2) is 9.97 Å². The van der Waals surface area contributed by atoms with Crippen LogP contribution in [0, 0.1) is 6.92 Å². The van der Waals surface area contributed by atoms with E-state index in [1.54, 1.807) is 6.20 Å². The van der Waals surface area contributed by atoms with Crippen LogP contribution >= 0.6 is 0 Å². The fourth-order valence-corrected chi connectivity index (χ4v) is 2.73. The summed E-state index contributed by atoms with van der Waals surface area (Å²) in [6, 6.07) is 4.37. The van der Waals surface area contributed by atoms with Crippen LogP contribution in [0.4, 0.5) is 0 Å². The summed E-state index contributed by atoms with van der Waals surface area (Å²) >= 11 is 0. The van der Waals surface area contributed by atoms with Crippen LogP contribution in [0.3, 0.4) is 0 Å². The van der Waals surface area contributed by atoms with Crippen molar-refractivity contribution in [3.05, 3.63) is 29.8 Å². The van der Waals surface area contributed by atoms with Gasteiger partial charge in [-0.2, -0.15) is 5.10 Å². The summed E-state index contributed by atoms with van der Waals surface area (Å²) in [7, 11) is 4.08. The molecule has 1 aliphatic heterocycles. The van der Waals surface area contributed by atoms with E-state index < -0.39 is 0 Å². The van der Waals surface area contributed by atoms with Gasteiger partial charge in [-0.05, 0) is 45.5 Å². The summed E-state index contributed by atoms with van der Waals surface area (Å²) in [5.74, 6) is 0.941. The van der Waals surface area contributed by atoms with E-state index in [1.807, 2.05) is 30.8 Å². The summed E-state index contributed by atoms with van der Waals surface area (Å²) in [6.45, 7) is 3.16. The average Bonchev–Trinajstić information content (AvgIpc) is 2.97. The molecule has 1 saturated heterocycles. The molecule has 0 spiro atoms. The lowest BCUT2D eigenvalue weighted by Crippen LogP contribution is -2.20. The Labute approximate surface area is 113 Å². The zero-order valence-electron chi connectivity index (χ0n) is 11.7. The first-order valence-corrected chi connectivity index (χ1v) is 6.69. The van der Waals surface area contributed by atoms with E-state index in [0.717, 1.165) is 35.9 Å². The summed E-state index contributed by atoms with van der Waals surface area (Å²) in [5.41, 5.74) is 3.01. The largest absolute Gasteiger partial charge is 0.296 e. The Bertz CT molecular complexity index is 589. The van der Waals surface area contributed by atoms with E-state index in [9.17, 15) is 0 Å². The first kappa shape index (κ1) is 12.3. The van der Waals surface area contributed by atoms with Crippen LogP contribution in [0.5, 0.6) is 0 Å². The van der Waals surface area contributed by atoms with Crippen molar-refractivity contribution in [3.8, 4) is 11.4 Å². The van der Waals surface area contributed by atoms with Crippen molar-refractivity contribution in [3.63, 3.8) is 0 Å². The van der Waals surface area contributed by atoms with Gasteiger partial charge in [0.1, 0.15) is 5.82 Å². The van der Waals surface area contributed by atoms with Crippen LogP contribution in [-0.4, -0.2) is 38.2 Å². The molecule has 0 bridgehead atoms. The molecule has 2 aromatic heterocycles. The van der Waals surface area contributed by atoms with Crippen molar-refractivity contribution in [2.45, 2.75) is 25.8 Å². The van der Waals surface area contributed by atoms with Gasteiger partial charge < -0.3 is 0 Å². The Morgan fingerprint density at radius 1 is 1.26 bits per heavy atom. The molecule has 0 saturated carbocycles. The van der Waals surface area contributed by atoms with Crippen LogP contribution in [0.2, 0.25) is 0 Å². The van der Waals surface area contributed by atoms with Crippen molar-refractivity contribution in [1.29, 1.82) is 0 Å². The maximum atomic E-state index is 4.76. The molecular formula is C14H19N5. The minimum absolute atomic E-state index is 0.354. The zero-order chi connectivity index (χ0) is 13.4. The lowest BCUT2D eigenvalue weighted by atomic mass is 10.2. The Morgan fingerprint density at radius 2 is 2.11 bits per heavy atom. The van der Waals surface area contributed by atoms with Gasteiger partial charge in [0.05, 0.1) is 17.4 Å². The highest BCUT2D eigenvalue weighted by Gasteiger charge is 2.25. The summed E-state index contributed by atoms with van der Waals surface area (Å²) in [4.78, 5) is 11.7. The highest BCUT2D eigenvalue weighted by molar-refractivity contribution is 5.54. The Morgan fingerprint density at radius 3 is 2.74 bits per heavy atom. The zero-order valence-corrected chi connectivity index (χ0v) is 11.7. The van der Waals surface area contributed by atoms with E-state index in [-0.39, 0.29) is 0 Å². The van der Waals surface area contributed by atoms with E-state index in [0.29, 0.717) is 6.04 Å². The lowest BCUT2D eigenvalue weighted by molar-refractivity contribution is 0.305. The van der Waals surface area contributed by atoms with E-state index in [2.05, 4.69) is 22.0 Å². The maximum absolute atomic E-state index is 4.76. The van der Waals surface area contributed by atoms with Gasteiger partial charge in [0.25, 0.3) is 0 Å². The first-order chi connectivity index (χ1) is 9.15. The van der Waals surface area contributed by atoms with Gasteiger partial charge >= 0.3 is 0 Å². The van der Waals surface area contributed by atoms with Crippen molar-refractivity contribution >= 4 is 0 Å². The molecule has 3 rings (SSSR count). The third-order valence-electron chi connectivity index (χ3n) is 3.77. The van der Waals surface area contributed by atoms with Gasteiger partial charge in [-0.1, -0.05) is 0 Å². The van der Waals surface area contributed by atoms with Crippen molar-refractivity contribution in [1.82, 2.24) is 24.6 Å². The highest BCUT2D eigenvalue weighted by Crippen LogP contribution is 2.29. The Balaban J connectivity index is 2.03. The summed E-state index contributed by atoms with van der Waals surface area (Å²) in [6.07, 6.45) is 4.17. The molecule has 1 atom stereocenters. The third-order valence-corrected chi connectivity index (χ3v) is 3.77. The summed E-state index contributed by atoms with van der Waals surface area (Å²) < 4.78 is 1.85. The molecule has 2 aromatic rings. The second-order valence-electron chi connectivity index (χ2n) is 5.23. The number of likely N-dealkylation sites (tertiary alicyclic amines) is 1. The molecule has 0 aliphatic carbocycles. The van der Waals surface area contributed by atoms with E-state index in [1.165, 1.54) is 6.42 Å². The molecule has 1 fully saturated rings. The Kier molecular flexibility index (Phi) is 3.06. The van der Waals surface area contributed by atoms with Gasteiger partial charge in [0.15, 0.2) is 0 Å². The smallest absolute Gasteiger partial charge is 0.146 e. The molecule has 1 aliphatic rings. The van der Waals surface area contributed by atoms with Gasteiger partial charge in [0.2, 0.25) is 0 Å². The second kappa shape index (κ2) is 4.74. The third kappa shape index (κ3) is 2.26. The highest BCUT2D eigenvalue weighted by atomic mass is 15.3. The molecule has 5 heteroatoms. The fraction of sp³-hybridized carbons (Fsp3) is 0.500. The molecule has 19 heavy (non-hydrogen) atoms. The lowest BCUT2D eigenvalue weighted by Gasteiger charge is -2.18. The van der Waals surface area contributed by atoms with Crippen molar-refractivity contribution in [2.75, 3.05) is 13.6 Å².